The van der Waals surface area contributed by atoms with Crippen LogP contribution in [0.15, 0.2) is 36.5 Å². The summed E-state index contributed by atoms with van der Waals surface area (Å²) in [4.78, 5) is 24.6. The number of hydrogen-bond donors (Lipinski definition) is 3. The van der Waals surface area contributed by atoms with Gasteiger partial charge in [-0.2, -0.15) is 0 Å². The first-order valence-electron chi connectivity index (χ1n) is 35.8. The number of allylic oxidation sites excluding steroid dienone is 5. The monoisotopic (exact) mass is 1110 g/mol. The van der Waals surface area contributed by atoms with Crippen molar-refractivity contribution in [2.75, 3.05) is 13.2 Å². The molecular weight excluding hydrogens is 971 g/mol. The third kappa shape index (κ3) is 65.1. The van der Waals surface area contributed by atoms with Crippen molar-refractivity contribution in [1.82, 2.24) is 5.32 Å². The molecule has 0 aliphatic heterocycles. The Morgan fingerprint density at radius 2 is 0.595 bits per heavy atom. The summed E-state index contributed by atoms with van der Waals surface area (Å²) in [7, 11) is 0. The molecule has 0 heterocycles. The van der Waals surface area contributed by atoms with Crippen LogP contribution in [-0.2, 0) is 14.3 Å². The fraction of sp³-hybridized carbons (Fsp3) is 0.890. The first-order valence-corrected chi connectivity index (χ1v) is 35.8. The summed E-state index contributed by atoms with van der Waals surface area (Å²) in [5.74, 6) is -0.0652. The van der Waals surface area contributed by atoms with E-state index in [1.54, 1.807) is 6.08 Å². The van der Waals surface area contributed by atoms with Crippen LogP contribution in [-0.4, -0.2) is 47.4 Å². The lowest BCUT2D eigenvalue weighted by Crippen LogP contribution is -2.45. The standard InChI is InChI=1S/C73H139NO5/c1-3-5-7-9-11-13-15-17-18-19-20-21-22-23-26-29-32-35-38-42-45-49-53-57-61-65-71(76)70(69-75)74-72(77)66-62-58-54-50-46-43-39-36-33-30-27-24-25-28-31-34-37-40-44-48-52-56-60-64-68-79-73(78)67-63-59-55-51-47-41-16-14-12-10-8-6-4-2/h14,16,27,30,61,65,70-71,75-76H,3-13,15,17-26,28-29,31-60,62-64,66-69H2,1-2H3,(H,74,77)/b16-14-,30-27-,65-61+. The summed E-state index contributed by atoms with van der Waals surface area (Å²) < 4.78 is 5.48. The van der Waals surface area contributed by atoms with Crippen LogP contribution in [0.1, 0.15) is 393 Å². The van der Waals surface area contributed by atoms with Crippen molar-refractivity contribution in [2.45, 2.75) is 405 Å². The van der Waals surface area contributed by atoms with E-state index in [2.05, 4.69) is 43.5 Å². The molecule has 0 saturated carbocycles. The van der Waals surface area contributed by atoms with Crippen molar-refractivity contribution in [1.29, 1.82) is 0 Å². The molecule has 0 aliphatic rings. The van der Waals surface area contributed by atoms with Crippen LogP contribution in [0.5, 0.6) is 0 Å². The number of nitrogens with one attached hydrogen (secondary N) is 1. The maximum Gasteiger partial charge on any atom is 0.305 e. The minimum absolute atomic E-state index is 0.00328. The SMILES string of the molecule is CCCCCC/C=C\CCCCCCCC(=O)OCCCCCCCCCCCCCC/C=C\CCCCCCCCCCC(=O)NC(CO)C(O)/C=C/CCCCCCCCCCCCCCCCCCCCCCCCC. The molecule has 79 heavy (non-hydrogen) atoms. The molecule has 0 aromatic carbocycles. The molecule has 6 heteroatoms. The lowest BCUT2D eigenvalue weighted by molar-refractivity contribution is -0.143. The Hall–Kier alpha value is -1.92. The molecule has 466 valence electrons. The van der Waals surface area contributed by atoms with Crippen LogP contribution in [0, 0.1) is 0 Å². The highest BCUT2D eigenvalue weighted by atomic mass is 16.5. The van der Waals surface area contributed by atoms with Crippen molar-refractivity contribution < 1.29 is 24.5 Å². The van der Waals surface area contributed by atoms with Gasteiger partial charge in [0.15, 0.2) is 0 Å². The second-order valence-electron chi connectivity index (χ2n) is 24.6. The molecule has 3 N–H and O–H groups in total. The number of amides is 1. The van der Waals surface area contributed by atoms with Gasteiger partial charge in [-0.3, -0.25) is 9.59 Å². The first-order chi connectivity index (χ1) is 39.0. The molecule has 0 bridgehead atoms. The first kappa shape index (κ1) is 77.1. The minimum atomic E-state index is -0.849. The Morgan fingerprint density at radius 1 is 0.342 bits per heavy atom. The highest BCUT2D eigenvalue weighted by Gasteiger charge is 2.18. The maximum absolute atomic E-state index is 12.5. The van der Waals surface area contributed by atoms with Gasteiger partial charge in [-0.05, 0) is 83.5 Å². The number of aliphatic hydroxyl groups excluding tert-OH is 2. The molecule has 2 atom stereocenters. The predicted molar refractivity (Wildman–Crippen MR) is 347 cm³/mol. The molecular formula is C73H139NO5. The summed E-state index contributed by atoms with van der Waals surface area (Å²) in [6.07, 6.45) is 87.9. The molecule has 0 radical (unpaired) electrons. The van der Waals surface area contributed by atoms with E-state index in [4.69, 9.17) is 4.74 Å². The average molecular weight is 1110 g/mol. The van der Waals surface area contributed by atoms with Crippen LogP contribution in [0.2, 0.25) is 0 Å². The van der Waals surface area contributed by atoms with Crippen LogP contribution >= 0.6 is 0 Å². The van der Waals surface area contributed by atoms with Gasteiger partial charge in [0.1, 0.15) is 0 Å². The summed E-state index contributed by atoms with van der Waals surface area (Å²) >= 11 is 0. The van der Waals surface area contributed by atoms with E-state index in [1.165, 1.54) is 321 Å². The number of carbonyl (C=O) groups excluding carboxylic acids is 2. The van der Waals surface area contributed by atoms with Gasteiger partial charge in [-0.1, -0.05) is 333 Å². The van der Waals surface area contributed by atoms with Crippen molar-refractivity contribution in [2.24, 2.45) is 0 Å². The molecule has 0 rings (SSSR count). The predicted octanol–water partition coefficient (Wildman–Crippen LogP) is 23.1. The normalized spacial score (nSPS) is 12.7. The zero-order valence-corrected chi connectivity index (χ0v) is 53.4. The van der Waals surface area contributed by atoms with E-state index >= 15 is 0 Å². The minimum Gasteiger partial charge on any atom is -0.466 e. The molecule has 1 amide bonds. The molecule has 0 saturated heterocycles. The lowest BCUT2D eigenvalue weighted by Gasteiger charge is -2.20. The summed E-state index contributed by atoms with van der Waals surface area (Å²) in [6, 6.07) is -0.633. The van der Waals surface area contributed by atoms with Gasteiger partial charge < -0.3 is 20.3 Å². The Morgan fingerprint density at radius 3 is 0.911 bits per heavy atom. The molecule has 0 aromatic heterocycles. The van der Waals surface area contributed by atoms with Gasteiger partial charge in [0.05, 0.1) is 25.4 Å². The van der Waals surface area contributed by atoms with Crippen LogP contribution < -0.4 is 5.32 Å². The van der Waals surface area contributed by atoms with Crippen molar-refractivity contribution in [3.8, 4) is 0 Å². The van der Waals surface area contributed by atoms with Crippen LogP contribution in [0.25, 0.3) is 0 Å². The molecule has 0 fully saturated rings. The quantitative estimate of drug-likeness (QED) is 0.0320. The Bertz CT molecular complexity index is 1280. The smallest absolute Gasteiger partial charge is 0.305 e. The van der Waals surface area contributed by atoms with Crippen LogP contribution in [0.3, 0.4) is 0 Å². The Balaban J connectivity index is 3.44. The topological polar surface area (TPSA) is 95.9 Å². The van der Waals surface area contributed by atoms with Gasteiger partial charge >= 0.3 is 5.97 Å². The number of ether oxygens (including phenoxy) is 1. The van der Waals surface area contributed by atoms with Crippen molar-refractivity contribution >= 4 is 11.9 Å². The zero-order valence-electron chi connectivity index (χ0n) is 53.4. The van der Waals surface area contributed by atoms with E-state index < -0.39 is 12.1 Å². The fourth-order valence-corrected chi connectivity index (χ4v) is 11.2. The van der Waals surface area contributed by atoms with Gasteiger partial charge in [-0.25, -0.2) is 0 Å². The number of unbranched alkanes of at least 4 members (excludes halogenated alkanes) is 52. The molecule has 6 nitrogen and oxygen atoms in total. The van der Waals surface area contributed by atoms with Crippen LogP contribution in [0.4, 0.5) is 0 Å². The summed E-state index contributed by atoms with van der Waals surface area (Å²) in [5.41, 5.74) is 0. The van der Waals surface area contributed by atoms with E-state index in [9.17, 15) is 19.8 Å². The number of esters is 1. The maximum atomic E-state index is 12.5. The Kier molecular flexibility index (Phi) is 66.9. The van der Waals surface area contributed by atoms with E-state index in [0.717, 1.165) is 44.9 Å². The lowest BCUT2D eigenvalue weighted by atomic mass is 10.0. The second kappa shape index (κ2) is 68.6. The fourth-order valence-electron chi connectivity index (χ4n) is 11.2. The molecule has 0 aromatic rings. The van der Waals surface area contributed by atoms with E-state index in [-0.39, 0.29) is 18.5 Å². The van der Waals surface area contributed by atoms with Gasteiger partial charge in [0.2, 0.25) is 5.91 Å². The summed E-state index contributed by atoms with van der Waals surface area (Å²) in [6.45, 7) is 4.92. The molecule has 2 unspecified atom stereocenters. The van der Waals surface area contributed by atoms with E-state index in [1.807, 2.05) is 6.08 Å². The summed E-state index contributed by atoms with van der Waals surface area (Å²) in [5, 5.41) is 23.3. The average Bonchev–Trinajstić information content (AvgIpc) is 3.45. The molecule has 0 spiro atoms. The number of carbonyl (C=O) groups is 2. The number of hydrogen-bond acceptors (Lipinski definition) is 5. The highest BCUT2D eigenvalue weighted by Crippen LogP contribution is 2.18. The third-order valence-electron chi connectivity index (χ3n) is 16.6. The number of aliphatic hydroxyl groups is 2. The zero-order chi connectivity index (χ0) is 57.1. The highest BCUT2D eigenvalue weighted by molar-refractivity contribution is 5.76. The Labute approximate surface area is 494 Å². The molecule has 0 aliphatic carbocycles. The van der Waals surface area contributed by atoms with Crippen molar-refractivity contribution in [3.63, 3.8) is 0 Å². The van der Waals surface area contributed by atoms with Gasteiger partial charge in [0.25, 0.3) is 0 Å². The van der Waals surface area contributed by atoms with E-state index in [0.29, 0.717) is 19.4 Å². The second-order valence-corrected chi connectivity index (χ2v) is 24.6. The van der Waals surface area contributed by atoms with Crippen molar-refractivity contribution in [3.05, 3.63) is 36.5 Å². The van der Waals surface area contributed by atoms with Gasteiger partial charge in [-0.15, -0.1) is 0 Å². The third-order valence-corrected chi connectivity index (χ3v) is 16.6. The number of rotatable bonds is 67. The van der Waals surface area contributed by atoms with Gasteiger partial charge in [0, 0.05) is 12.8 Å². The largest absolute Gasteiger partial charge is 0.466 e.